The van der Waals surface area contributed by atoms with Crippen LogP contribution in [0.3, 0.4) is 0 Å². The molecule has 4 nitrogen and oxygen atoms in total. The number of piperazine rings is 1. The highest BCUT2D eigenvalue weighted by Gasteiger charge is 2.28. The molecule has 1 unspecified atom stereocenters. The van der Waals surface area contributed by atoms with E-state index in [1.165, 1.54) is 17.5 Å². The predicted octanol–water partition coefficient (Wildman–Crippen LogP) is 3.75. The second-order valence-electron chi connectivity index (χ2n) is 6.56. The van der Waals surface area contributed by atoms with E-state index in [1.54, 1.807) is 12.3 Å². The lowest BCUT2D eigenvalue weighted by Gasteiger charge is -2.41. The summed E-state index contributed by atoms with van der Waals surface area (Å²) < 4.78 is 5.03. The Labute approximate surface area is 137 Å². The maximum Gasteiger partial charge on any atom is 0.257 e. The molecular formula is C19H24N2O2. The predicted molar refractivity (Wildman–Crippen MR) is 92.0 cm³/mol. The van der Waals surface area contributed by atoms with E-state index < -0.39 is 0 Å². The lowest BCUT2D eigenvalue weighted by molar-refractivity contribution is 0.0673. The number of furan rings is 1. The lowest BCUT2D eigenvalue weighted by Crippen LogP contribution is -2.54. The quantitative estimate of drug-likeness (QED) is 0.866. The highest BCUT2D eigenvalue weighted by Crippen LogP contribution is 2.24. The Bertz CT molecular complexity index is 664. The molecule has 3 rings (SSSR count). The maximum atomic E-state index is 12.5. The average Bonchev–Trinajstić information content (AvgIpc) is 3.08. The monoisotopic (exact) mass is 312 g/mol. The summed E-state index contributed by atoms with van der Waals surface area (Å²) in [5.74, 6) is 0.582. The first kappa shape index (κ1) is 15.7. The summed E-state index contributed by atoms with van der Waals surface area (Å²) in [6.45, 7) is 8.97. The minimum Gasteiger partial charge on any atom is -0.472 e. The topological polar surface area (TPSA) is 36.7 Å². The summed E-state index contributed by atoms with van der Waals surface area (Å²) in [7, 11) is 0. The molecule has 2 aromatic rings. The van der Waals surface area contributed by atoms with Crippen LogP contribution in [0.1, 0.15) is 42.6 Å². The number of carbonyl (C=O) groups excluding carboxylic acids is 1. The number of benzene rings is 1. The molecule has 122 valence electrons. The van der Waals surface area contributed by atoms with Gasteiger partial charge >= 0.3 is 0 Å². The first-order chi connectivity index (χ1) is 11.1. The van der Waals surface area contributed by atoms with E-state index >= 15 is 0 Å². The summed E-state index contributed by atoms with van der Waals surface area (Å²) >= 11 is 0. The number of hydrogen-bond acceptors (Lipinski definition) is 3. The molecule has 0 radical (unpaired) electrons. The molecule has 1 saturated heterocycles. The van der Waals surface area contributed by atoms with Crippen LogP contribution >= 0.6 is 0 Å². The molecule has 1 aromatic carbocycles. The third kappa shape index (κ3) is 3.26. The van der Waals surface area contributed by atoms with Gasteiger partial charge in [-0.15, -0.1) is 0 Å². The molecule has 0 saturated carbocycles. The molecule has 1 aromatic heterocycles. The molecule has 0 N–H and O–H groups in total. The minimum absolute atomic E-state index is 0.0573. The Morgan fingerprint density at radius 3 is 2.74 bits per heavy atom. The highest BCUT2D eigenvalue weighted by atomic mass is 16.3. The van der Waals surface area contributed by atoms with E-state index in [2.05, 4.69) is 49.9 Å². The van der Waals surface area contributed by atoms with Crippen LogP contribution in [0.4, 0.5) is 5.69 Å². The van der Waals surface area contributed by atoms with Gasteiger partial charge in [-0.3, -0.25) is 4.79 Å². The maximum absolute atomic E-state index is 12.5. The zero-order valence-corrected chi connectivity index (χ0v) is 14.0. The fourth-order valence-electron chi connectivity index (χ4n) is 3.13. The number of rotatable bonds is 3. The van der Waals surface area contributed by atoms with Crippen molar-refractivity contribution in [2.75, 3.05) is 24.5 Å². The highest BCUT2D eigenvalue weighted by molar-refractivity contribution is 5.94. The second kappa shape index (κ2) is 6.49. The van der Waals surface area contributed by atoms with Gasteiger partial charge in [0.15, 0.2) is 0 Å². The third-order valence-corrected chi connectivity index (χ3v) is 4.56. The van der Waals surface area contributed by atoms with Gasteiger partial charge in [0.2, 0.25) is 0 Å². The Morgan fingerprint density at radius 1 is 1.26 bits per heavy atom. The molecule has 0 spiro atoms. The molecule has 0 aliphatic carbocycles. The van der Waals surface area contributed by atoms with E-state index in [0.717, 1.165) is 19.6 Å². The Kier molecular flexibility index (Phi) is 4.42. The standard InChI is InChI=1S/C19H24N2O2/c1-14(2)16-5-4-6-18(11-16)20-8-9-21(15(3)12-20)19(22)17-7-10-23-13-17/h4-7,10-11,13-15H,8-9,12H2,1-3H3. The van der Waals surface area contributed by atoms with Gasteiger partial charge in [-0.1, -0.05) is 26.0 Å². The van der Waals surface area contributed by atoms with Crippen molar-refractivity contribution in [3.63, 3.8) is 0 Å². The van der Waals surface area contributed by atoms with Crippen molar-refractivity contribution in [1.29, 1.82) is 0 Å². The van der Waals surface area contributed by atoms with Crippen LogP contribution in [-0.2, 0) is 0 Å². The van der Waals surface area contributed by atoms with Crippen molar-refractivity contribution in [3.8, 4) is 0 Å². The van der Waals surface area contributed by atoms with Gasteiger partial charge in [0.05, 0.1) is 11.8 Å². The molecule has 1 amide bonds. The second-order valence-corrected chi connectivity index (χ2v) is 6.56. The summed E-state index contributed by atoms with van der Waals surface area (Å²) in [6, 6.07) is 10.6. The average molecular weight is 312 g/mol. The summed E-state index contributed by atoms with van der Waals surface area (Å²) in [6.07, 6.45) is 3.07. The SMILES string of the molecule is CC(C)c1cccc(N2CCN(C(=O)c3ccoc3)C(C)C2)c1. The molecule has 1 aliphatic rings. The smallest absolute Gasteiger partial charge is 0.257 e. The zero-order chi connectivity index (χ0) is 16.4. The van der Waals surface area contributed by atoms with E-state index in [4.69, 9.17) is 4.42 Å². The zero-order valence-electron chi connectivity index (χ0n) is 14.0. The van der Waals surface area contributed by atoms with Gasteiger partial charge in [0.25, 0.3) is 5.91 Å². The molecule has 1 aliphatic heterocycles. The van der Waals surface area contributed by atoms with Crippen molar-refractivity contribution < 1.29 is 9.21 Å². The largest absolute Gasteiger partial charge is 0.472 e. The van der Waals surface area contributed by atoms with E-state index in [1.807, 2.05) is 4.90 Å². The van der Waals surface area contributed by atoms with Crippen LogP contribution in [0.25, 0.3) is 0 Å². The number of anilines is 1. The van der Waals surface area contributed by atoms with Crippen LogP contribution in [0.15, 0.2) is 47.3 Å². The van der Waals surface area contributed by atoms with Crippen molar-refractivity contribution >= 4 is 11.6 Å². The van der Waals surface area contributed by atoms with E-state index in [0.29, 0.717) is 11.5 Å². The van der Waals surface area contributed by atoms with Gasteiger partial charge in [0.1, 0.15) is 6.26 Å². The van der Waals surface area contributed by atoms with Gasteiger partial charge in [-0.05, 0) is 36.6 Å². The van der Waals surface area contributed by atoms with Crippen molar-refractivity contribution in [2.45, 2.75) is 32.7 Å². The molecule has 1 fully saturated rings. The van der Waals surface area contributed by atoms with Crippen molar-refractivity contribution in [1.82, 2.24) is 4.90 Å². The fraction of sp³-hybridized carbons (Fsp3) is 0.421. The van der Waals surface area contributed by atoms with Crippen LogP contribution in [0, 0.1) is 0 Å². The van der Waals surface area contributed by atoms with Crippen LogP contribution < -0.4 is 4.90 Å². The number of nitrogens with zero attached hydrogens (tertiary/aromatic N) is 2. The molecule has 0 bridgehead atoms. The normalized spacial score (nSPS) is 18.5. The first-order valence-corrected chi connectivity index (χ1v) is 8.24. The Morgan fingerprint density at radius 2 is 2.09 bits per heavy atom. The van der Waals surface area contributed by atoms with E-state index in [-0.39, 0.29) is 11.9 Å². The summed E-state index contributed by atoms with van der Waals surface area (Å²) in [5, 5.41) is 0. The minimum atomic E-state index is 0.0573. The fourth-order valence-corrected chi connectivity index (χ4v) is 3.13. The summed E-state index contributed by atoms with van der Waals surface area (Å²) in [4.78, 5) is 16.8. The van der Waals surface area contributed by atoms with Crippen LogP contribution in [0.2, 0.25) is 0 Å². The van der Waals surface area contributed by atoms with Crippen LogP contribution in [0.5, 0.6) is 0 Å². The van der Waals surface area contributed by atoms with Crippen molar-refractivity contribution in [3.05, 3.63) is 54.0 Å². The van der Waals surface area contributed by atoms with Gasteiger partial charge in [-0.2, -0.15) is 0 Å². The van der Waals surface area contributed by atoms with E-state index in [9.17, 15) is 4.79 Å². The first-order valence-electron chi connectivity index (χ1n) is 8.24. The molecular weight excluding hydrogens is 288 g/mol. The van der Waals surface area contributed by atoms with Gasteiger partial charge in [0, 0.05) is 31.4 Å². The van der Waals surface area contributed by atoms with Gasteiger partial charge in [-0.25, -0.2) is 0 Å². The molecule has 1 atom stereocenters. The Balaban J connectivity index is 1.71. The summed E-state index contributed by atoms with van der Waals surface area (Å²) in [5.41, 5.74) is 3.23. The Hall–Kier alpha value is -2.23. The molecule has 4 heteroatoms. The number of amides is 1. The molecule has 23 heavy (non-hydrogen) atoms. The number of carbonyl (C=O) groups is 1. The lowest BCUT2D eigenvalue weighted by atomic mass is 10.0. The molecule has 2 heterocycles. The van der Waals surface area contributed by atoms with Crippen molar-refractivity contribution in [2.24, 2.45) is 0 Å². The van der Waals surface area contributed by atoms with Crippen LogP contribution in [-0.4, -0.2) is 36.5 Å². The number of hydrogen-bond donors (Lipinski definition) is 0. The van der Waals surface area contributed by atoms with Gasteiger partial charge < -0.3 is 14.2 Å². The third-order valence-electron chi connectivity index (χ3n) is 4.56.